The van der Waals surface area contributed by atoms with Crippen molar-refractivity contribution in [3.63, 3.8) is 0 Å². The van der Waals surface area contributed by atoms with Crippen LogP contribution in [0, 0.1) is 0 Å². The van der Waals surface area contributed by atoms with E-state index in [1.54, 1.807) is 0 Å². The second kappa shape index (κ2) is 11.0. The van der Waals surface area contributed by atoms with E-state index in [0.29, 0.717) is 0 Å². The van der Waals surface area contributed by atoms with Crippen molar-refractivity contribution in [1.29, 1.82) is 0 Å². The number of hydrogen-bond acceptors (Lipinski definition) is 2. The lowest BCUT2D eigenvalue weighted by Gasteiger charge is -2.27. The van der Waals surface area contributed by atoms with Gasteiger partial charge in [0, 0.05) is 38.6 Å². The summed E-state index contributed by atoms with van der Waals surface area (Å²) in [5.74, 6) is 0. The van der Waals surface area contributed by atoms with Crippen LogP contribution in [-0.4, -0.2) is 4.57 Å². The number of fused-ring (bicyclic) bond motifs is 7. The van der Waals surface area contributed by atoms with Crippen molar-refractivity contribution in [3.05, 3.63) is 182 Å². The zero-order valence-electron chi connectivity index (χ0n) is 26.6. The maximum absolute atomic E-state index is 6.27. The number of furan rings is 1. The molecule has 0 aliphatic heterocycles. The van der Waals surface area contributed by atoms with Crippen molar-refractivity contribution < 1.29 is 4.42 Å². The van der Waals surface area contributed by atoms with E-state index < -0.39 is 0 Å². The van der Waals surface area contributed by atoms with Gasteiger partial charge < -0.3 is 13.9 Å². The molecule has 3 heteroatoms. The molecule has 49 heavy (non-hydrogen) atoms. The average Bonchev–Trinajstić information content (AvgIpc) is 3.70. The van der Waals surface area contributed by atoms with Gasteiger partial charge >= 0.3 is 0 Å². The summed E-state index contributed by atoms with van der Waals surface area (Å²) in [4.78, 5) is 2.42. The lowest BCUT2D eigenvalue weighted by Crippen LogP contribution is -2.10. The lowest BCUT2D eigenvalue weighted by atomic mass is 10.0. The molecule has 0 saturated carbocycles. The number of aromatic nitrogens is 1. The maximum atomic E-state index is 6.27. The summed E-state index contributed by atoms with van der Waals surface area (Å²) in [5.41, 5.74) is 10.9. The molecule has 0 aliphatic rings. The molecule has 0 atom stereocenters. The van der Waals surface area contributed by atoms with Gasteiger partial charge in [-0.15, -0.1) is 0 Å². The number of rotatable bonds is 5. The van der Waals surface area contributed by atoms with E-state index in [9.17, 15) is 0 Å². The van der Waals surface area contributed by atoms with Gasteiger partial charge in [0.2, 0.25) is 0 Å². The van der Waals surface area contributed by atoms with Crippen LogP contribution >= 0.6 is 0 Å². The Morgan fingerprint density at radius 1 is 0.408 bits per heavy atom. The highest BCUT2D eigenvalue weighted by Crippen LogP contribution is 2.46. The third-order valence-electron chi connectivity index (χ3n) is 9.72. The molecule has 0 unspecified atom stereocenters. The molecule has 0 aliphatic carbocycles. The quantitative estimate of drug-likeness (QED) is 0.190. The van der Waals surface area contributed by atoms with Gasteiger partial charge in [-0.1, -0.05) is 109 Å². The lowest BCUT2D eigenvalue weighted by molar-refractivity contribution is 0.669. The van der Waals surface area contributed by atoms with Crippen molar-refractivity contribution in [2.75, 3.05) is 4.90 Å². The molecule has 2 aromatic heterocycles. The average molecular weight is 627 g/mol. The minimum Gasteiger partial charge on any atom is -0.456 e. The van der Waals surface area contributed by atoms with Gasteiger partial charge in [-0.3, -0.25) is 0 Å². The monoisotopic (exact) mass is 626 g/mol. The molecular formula is C46H30N2O. The van der Waals surface area contributed by atoms with Crippen LogP contribution in [0.2, 0.25) is 0 Å². The summed E-state index contributed by atoms with van der Waals surface area (Å²) < 4.78 is 8.68. The smallest absolute Gasteiger partial charge is 0.135 e. The summed E-state index contributed by atoms with van der Waals surface area (Å²) in [7, 11) is 0. The summed E-state index contributed by atoms with van der Waals surface area (Å²) in [6.45, 7) is 0. The molecule has 2 heterocycles. The molecule has 3 nitrogen and oxygen atoms in total. The fourth-order valence-corrected chi connectivity index (χ4v) is 7.51. The molecule has 0 amide bonds. The molecule has 0 bridgehead atoms. The zero-order chi connectivity index (χ0) is 32.3. The molecule has 10 aromatic rings. The normalized spacial score (nSPS) is 11.7. The predicted octanol–water partition coefficient (Wildman–Crippen LogP) is 13.0. The topological polar surface area (TPSA) is 21.3 Å². The van der Waals surface area contributed by atoms with Gasteiger partial charge in [0.05, 0.1) is 16.7 Å². The van der Waals surface area contributed by atoms with Crippen molar-refractivity contribution in [1.82, 2.24) is 4.57 Å². The molecule has 8 aromatic carbocycles. The highest BCUT2D eigenvalue weighted by atomic mass is 16.3. The van der Waals surface area contributed by atoms with Gasteiger partial charge in [-0.05, 0) is 94.7 Å². The van der Waals surface area contributed by atoms with E-state index in [-0.39, 0.29) is 0 Å². The van der Waals surface area contributed by atoms with Gasteiger partial charge in [-0.2, -0.15) is 0 Å². The number of hydrogen-bond donors (Lipinski definition) is 0. The molecule has 0 saturated heterocycles. The van der Waals surface area contributed by atoms with Crippen LogP contribution in [0.5, 0.6) is 0 Å². The number of para-hydroxylation sites is 2. The van der Waals surface area contributed by atoms with Gasteiger partial charge in [0.1, 0.15) is 11.2 Å². The molecule has 230 valence electrons. The SMILES string of the molecule is c1ccc(-c2cccc(N(c3ccc4oc5ccccc5c4c3)c3cccc4c3c3cc5ccccc5cc3n4-c3ccccc3)c2)cc1. The third-order valence-corrected chi connectivity index (χ3v) is 9.72. The Balaban J connectivity index is 1.31. The van der Waals surface area contributed by atoms with Crippen LogP contribution in [-0.2, 0) is 0 Å². The molecule has 0 radical (unpaired) electrons. The standard InChI is InChI=1S/C46H30N2O/c1-3-13-31(14-4-1)32-17-11-20-36(27-32)47(37-25-26-45-39(30-37)38-21-9-10-24-44(38)49-45)41-22-12-23-42-46(41)40-28-33-15-7-8-16-34(33)29-43(40)48(42)35-18-5-2-6-19-35/h1-30H. The first-order chi connectivity index (χ1) is 24.3. The fraction of sp³-hybridized carbons (Fsp3) is 0. The van der Waals surface area contributed by atoms with E-state index in [0.717, 1.165) is 50.2 Å². The fourth-order valence-electron chi connectivity index (χ4n) is 7.51. The first-order valence-electron chi connectivity index (χ1n) is 16.7. The molecular weight excluding hydrogens is 597 g/mol. The van der Waals surface area contributed by atoms with E-state index in [2.05, 4.69) is 179 Å². The molecule has 0 spiro atoms. The Kier molecular flexibility index (Phi) is 6.18. The van der Waals surface area contributed by atoms with Crippen molar-refractivity contribution in [2.45, 2.75) is 0 Å². The largest absolute Gasteiger partial charge is 0.456 e. The highest BCUT2D eigenvalue weighted by molar-refractivity contribution is 6.19. The molecule has 10 rings (SSSR count). The zero-order valence-corrected chi connectivity index (χ0v) is 26.6. The van der Waals surface area contributed by atoms with Crippen LogP contribution in [0.1, 0.15) is 0 Å². The Bertz CT molecular complexity index is 2830. The predicted molar refractivity (Wildman–Crippen MR) is 206 cm³/mol. The second-order valence-corrected chi connectivity index (χ2v) is 12.6. The Hall–Kier alpha value is -6.58. The third kappa shape index (κ3) is 4.44. The minimum absolute atomic E-state index is 0.883. The molecule has 0 N–H and O–H groups in total. The van der Waals surface area contributed by atoms with Crippen LogP contribution in [0.3, 0.4) is 0 Å². The van der Waals surface area contributed by atoms with Crippen LogP contribution < -0.4 is 4.90 Å². The summed E-state index contributed by atoms with van der Waals surface area (Å²) in [6.07, 6.45) is 0. The summed E-state index contributed by atoms with van der Waals surface area (Å²) >= 11 is 0. The Morgan fingerprint density at radius 3 is 1.94 bits per heavy atom. The van der Waals surface area contributed by atoms with E-state index in [1.807, 2.05) is 12.1 Å². The van der Waals surface area contributed by atoms with Gasteiger partial charge in [0.25, 0.3) is 0 Å². The van der Waals surface area contributed by atoms with E-state index in [1.165, 1.54) is 38.2 Å². The maximum Gasteiger partial charge on any atom is 0.135 e. The first kappa shape index (κ1) is 27.5. The van der Waals surface area contributed by atoms with E-state index in [4.69, 9.17) is 4.42 Å². The summed E-state index contributed by atoms with van der Waals surface area (Å²) in [5, 5.41) is 7.08. The van der Waals surface area contributed by atoms with Crippen LogP contribution in [0.4, 0.5) is 17.1 Å². The first-order valence-corrected chi connectivity index (χ1v) is 16.7. The minimum atomic E-state index is 0.883. The Morgan fingerprint density at radius 2 is 1.08 bits per heavy atom. The second-order valence-electron chi connectivity index (χ2n) is 12.6. The summed E-state index contributed by atoms with van der Waals surface area (Å²) in [6, 6.07) is 65.1. The molecule has 0 fully saturated rings. The Labute approximate surface area is 283 Å². The number of nitrogens with zero attached hydrogens (tertiary/aromatic N) is 2. The highest BCUT2D eigenvalue weighted by Gasteiger charge is 2.22. The van der Waals surface area contributed by atoms with Gasteiger partial charge in [-0.25, -0.2) is 0 Å². The van der Waals surface area contributed by atoms with E-state index >= 15 is 0 Å². The number of benzene rings is 8. The van der Waals surface area contributed by atoms with Crippen LogP contribution in [0.15, 0.2) is 186 Å². The van der Waals surface area contributed by atoms with Crippen molar-refractivity contribution in [2.24, 2.45) is 0 Å². The van der Waals surface area contributed by atoms with Gasteiger partial charge in [0.15, 0.2) is 0 Å². The number of anilines is 3. The van der Waals surface area contributed by atoms with Crippen molar-refractivity contribution >= 4 is 71.6 Å². The van der Waals surface area contributed by atoms with Crippen LogP contribution in [0.25, 0.3) is 71.3 Å². The van der Waals surface area contributed by atoms with Crippen molar-refractivity contribution in [3.8, 4) is 16.8 Å².